The van der Waals surface area contributed by atoms with E-state index < -0.39 is 0 Å². The molecule has 126 valence electrons. The predicted molar refractivity (Wildman–Crippen MR) is 90.1 cm³/mol. The van der Waals surface area contributed by atoms with Crippen molar-refractivity contribution >= 4 is 12.0 Å². The highest BCUT2D eigenvalue weighted by Crippen LogP contribution is 2.38. The molecule has 1 aliphatic heterocycles. The molecule has 1 saturated heterocycles. The molecule has 0 aliphatic carbocycles. The predicted octanol–water partition coefficient (Wildman–Crippen LogP) is 2.98. The maximum atomic E-state index is 12.3. The van der Waals surface area contributed by atoms with Crippen LogP contribution in [0.15, 0.2) is 18.2 Å². The van der Waals surface area contributed by atoms with Crippen molar-refractivity contribution in [2.45, 2.75) is 19.8 Å². The molecule has 1 amide bonds. The van der Waals surface area contributed by atoms with Gasteiger partial charge in [0.25, 0.3) is 0 Å². The van der Waals surface area contributed by atoms with E-state index in [9.17, 15) is 4.79 Å². The lowest BCUT2D eigenvalue weighted by atomic mass is 9.99. The molecule has 2 rings (SSSR count). The number of likely N-dealkylation sites (tertiary alicyclic amines) is 1. The highest BCUT2D eigenvalue weighted by molar-refractivity contribution is 5.92. The summed E-state index contributed by atoms with van der Waals surface area (Å²) in [5, 5.41) is 0. The third-order valence-electron chi connectivity index (χ3n) is 4.20. The molecule has 1 aromatic carbocycles. The van der Waals surface area contributed by atoms with E-state index >= 15 is 0 Å². The first kappa shape index (κ1) is 17.2. The minimum atomic E-state index is 0.0469. The fraction of sp³-hybridized carbons (Fsp3) is 0.500. The Bertz CT molecular complexity index is 549. The zero-order chi connectivity index (χ0) is 16.8. The molecule has 5 heteroatoms. The molecule has 0 atom stereocenters. The van der Waals surface area contributed by atoms with Crippen molar-refractivity contribution in [1.29, 1.82) is 0 Å². The molecule has 0 N–H and O–H groups in total. The number of ether oxygens (including phenoxy) is 3. The molecule has 0 unspecified atom stereocenters. The Labute approximate surface area is 137 Å². The molecule has 1 aliphatic rings. The summed E-state index contributed by atoms with van der Waals surface area (Å²) in [7, 11) is 4.71. The SMILES string of the molecule is COc1cc(C=CC(=O)N2CCC(C)CC2)cc(OC)c1OC. The third kappa shape index (κ3) is 4.18. The fourth-order valence-electron chi connectivity index (χ4n) is 2.70. The monoisotopic (exact) mass is 319 g/mol. The molecule has 1 aromatic rings. The molecule has 1 fully saturated rings. The van der Waals surface area contributed by atoms with Crippen LogP contribution >= 0.6 is 0 Å². The van der Waals surface area contributed by atoms with Gasteiger partial charge in [0, 0.05) is 19.2 Å². The van der Waals surface area contributed by atoms with Gasteiger partial charge in [-0.2, -0.15) is 0 Å². The van der Waals surface area contributed by atoms with Crippen molar-refractivity contribution in [3.8, 4) is 17.2 Å². The largest absolute Gasteiger partial charge is 0.493 e. The van der Waals surface area contributed by atoms with E-state index in [4.69, 9.17) is 14.2 Å². The zero-order valence-corrected chi connectivity index (χ0v) is 14.3. The molecule has 5 nitrogen and oxygen atoms in total. The quantitative estimate of drug-likeness (QED) is 0.783. The van der Waals surface area contributed by atoms with Crippen molar-refractivity contribution < 1.29 is 19.0 Å². The minimum absolute atomic E-state index is 0.0469. The summed E-state index contributed by atoms with van der Waals surface area (Å²) < 4.78 is 15.9. The molecule has 1 heterocycles. The van der Waals surface area contributed by atoms with Crippen LogP contribution in [0.4, 0.5) is 0 Å². The van der Waals surface area contributed by atoms with Gasteiger partial charge in [0.15, 0.2) is 11.5 Å². The number of piperidine rings is 1. The van der Waals surface area contributed by atoms with Gasteiger partial charge in [0.05, 0.1) is 21.3 Å². The molecule has 0 saturated carbocycles. The van der Waals surface area contributed by atoms with E-state index in [2.05, 4.69) is 6.92 Å². The van der Waals surface area contributed by atoms with Crippen LogP contribution in [0.5, 0.6) is 17.2 Å². The number of hydrogen-bond acceptors (Lipinski definition) is 4. The second kappa shape index (κ2) is 7.90. The van der Waals surface area contributed by atoms with Crippen molar-refractivity contribution in [3.63, 3.8) is 0 Å². The van der Waals surface area contributed by atoms with Crippen LogP contribution < -0.4 is 14.2 Å². The third-order valence-corrected chi connectivity index (χ3v) is 4.20. The number of methoxy groups -OCH3 is 3. The van der Waals surface area contributed by atoms with E-state index in [1.54, 1.807) is 33.5 Å². The van der Waals surface area contributed by atoms with Crippen molar-refractivity contribution in [2.75, 3.05) is 34.4 Å². The number of carbonyl (C=O) groups excluding carboxylic acids is 1. The Kier molecular flexibility index (Phi) is 5.90. The van der Waals surface area contributed by atoms with E-state index in [0.29, 0.717) is 23.2 Å². The lowest BCUT2D eigenvalue weighted by Crippen LogP contribution is -2.36. The highest BCUT2D eigenvalue weighted by Gasteiger charge is 2.18. The van der Waals surface area contributed by atoms with E-state index in [-0.39, 0.29) is 5.91 Å². The van der Waals surface area contributed by atoms with E-state index in [1.807, 2.05) is 17.0 Å². The summed E-state index contributed by atoms with van der Waals surface area (Å²) in [4.78, 5) is 14.2. The maximum absolute atomic E-state index is 12.3. The Morgan fingerprint density at radius 3 is 2.13 bits per heavy atom. The fourth-order valence-corrected chi connectivity index (χ4v) is 2.70. The molecule has 0 spiro atoms. The standard InChI is InChI=1S/C18H25NO4/c1-13-7-9-19(10-8-13)17(20)6-5-14-11-15(21-2)18(23-4)16(12-14)22-3/h5-6,11-13H,7-10H2,1-4H3. The molecule has 0 radical (unpaired) electrons. The number of hydrogen-bond donors (Lipinski definition) is 0. The van der Waals surface area contributed by atoms with Crippen LogP contribution in [0.25, 0.3) is 6.08 Å². The highest BCUT2D eigenvalue weighted by atomic mass is 16.5. The van der Waals surface area contributed by atoms with Crippen molar-refractivity contribution in [3.05, 3.63) is 23.8 Å². The summed E-state index contributed by atoms with van der Waals surface area (Å²) in [6.07, 6.45) is 5.54. The van der Waals surface area contributed by atoms with Gasteiger partial charge in [-0.15, -0.1) is 0 Å². The van der Waals surface area contributed by atoms with Gasteiger partial charge < -0.3 is 19.1 Å². The Morgan fingerprint density at radius 2 is 1.65 bits per heavy atom. The van der Waals surface area contributed by atoms with Gasteiger partial charge in [0.1, 0.15) is 0 Å². The molecule has 23 heavy (non-hydrogen) atoms. The molecule has 0 aromatic heterocycles. The maximum Gasteiger partial charge on any atom is 0.246 e. The van der Waals surface area contributed by atoms with Gasteiger partial charge in [0.2, 0.25) is 11.7 Å². The summed E-state index contributed by atoms with van der Waals surface area (Å²) in [5.74, 6) is 2.45. The number of rotatable bonds is 5. The van der Waals surface area contributed by atoms with Crippen LogP contribution in [0.1, 0.15) is 25.3 Å². The topological polar surface area (TPSA) is 48.0 Å². The molecule has 0 bridgehead atoms. The van der Waals surface area contributed by atoms with Crippen molar-refractivity contribution in [1.82, 2.24) is 4.90 Å². The minimum Gasteiger partial charge on any atom is -0.493 e. The average molecular weight is 319 g/mol. The first-order valence-corrected chi connectivity index (χ1v) is 7.86. The lowest BCUT2D eigenvalue weighted by Gasteiger charge is -2.29. The summed E-state index contributed by atoms with van der Waals surface area (Å²) in [5.41, 5.74) is 0.832. The smallest absolute Gasteiger partial charge is 0.246 e. The van der Waals surface area contributed by atoms with Gasteiger partial charge in [-0.1, -0.05) is 6.92 Å². The van der Waals surface area contributed by atoms with Crippen molar-refractivity contribution in [2.24, 2.45) is 5.92 Å². The normalized spacial score (nSPS) is 15.7. The number of carbonyl (C=O) groups is 1. The van der Waals surface area contributed by atoms with E-state index in [1.165, 1.54) is 0 Å². The summed E-state index contributed by atoms with van der Waals surface area (Å²) >= 11 is 0. The van der Waals surface area contributed by atoms with Crippen LogP contribution in [0, 0.1) is 5.92 Å². The van der Waals surface area contributed by atoms with E-state index in [0.717, 1.165) is 31.5 Å². The Morgan fingerprint density at radius 1 is 1.09 bits per heavy atom. The van der Waals surface area contributed by atoms with Gasteiger partial charge >= 0.3 is 0 Å². The average Bonchev–Trinajstić information content (AvgIpc) is 2.59. The Hall–Kier alpha value is -2.17. The summed E-state index contributed by atoms with van der Waals surface area (Å²) in [6.45, 7) is 3.90. The van der Waals surface area contributed by atoms with Gasteiger partial charge in [-0.3, -0.25) is 4.79 Å². The first-order chi connectivity index (χ1) is 11.1. The molecular weight excluding hydrogens is 294 g/mol. The number of amides is 1. The summed E-state index contributed by atoms with van der Waals surface area (Å²) in [6, 6.07) is 3.65. The Balaban J connectivity index is 2.14. The van der Waals surface area contributed by atoms with Gasteiger partial charge in [-0.25, -0.2) is 0 Å². The van der Waals surface area contributed by atoms with Crippen LogP contribution in [0.3, 0.4) is 0 Å². The van der Waals surface area contributed by atoms with Crippen LogP contribution in [-0.4, -0.2) is 45.2 Å². The second-order valence-electron chi connectivity index (χ2n) is 5.80. The van der Waals surface area contributed by atoms with Crippen LogP contribution in [0.2, 0.25) is 0 Å². The van der Waals surface area contributed by atoms with Crippen LogP contribution in [-0.2, 0) is 4.79 Å². The number of benzene rings is 1. The van der Waals surface area contributed by atoms with Gasteiger partial charge in [-0.05, 0) is 42.5 Å². The number of nitrogens with zero attached hydrogens (tertiary/aromatic N) is 1. The first-order valence-electron chi connectivity index (χ1n) is 7.86. The zero-order valence-electron chi connectivity index (χ0n) is 14.3. The molecular formula is C18H25NO4. The second-order valence-corrected chi connectivity index (χ2v) is 5.80. The lowest BCUT2D eigenvalue weighted by molar-refractivity contribution is -0.127.